The van der Waals surface area contributed by atoms with Crippen LogP contribution in [0.5, 0.6) is 0 Å². The van der Waals surface area contributed by atoms with E-state index in [4.69, 9.17) is 0 Å². The largest absolute Gasteiger partial charge is 0.320 e. The molecule has 32 heavy (non-hydrogen) atoms. The predicted molar refractivity (Wildman–Crippen MR) is 118 cm³/mol. The van der Waals surface area contributed by atoms with Gasteiger partial charge in [-0.1, -0.05) is 17.4 Å². The first-order valence-corrected chi connectivity index (χ1v) is 12.6. The van der Waals surface area contributed by atoms with Gasteiger partial charge in [0.25, 0.3) is 5.91 Å². The number of nitrogens with zero attached hydrogens (tertiary/aromatic N) is 5. The van der Waals surface area contributed by atoms with Gasteiger partial charge in [-0.25, -0.2) is 12.8 Å². The minimum absolute atomic E-state index is 0.0966. The number of hydrogen-bond acceptors (Lipinski definition) is 9. The van der Waals surface area contributed by atoms with Crippen molar-refractivity contribution >= 4 is 55.7 Å². The zero-order valence-corrected chi connectivity index (χ0v) is 18.8. The number of benzene rings is 2. The number of amides is 1. The van der Waals surface area contributed by atoms with Crippen molar-refractivity contribution in [2.24, 2.45) is 0 Å². The summed E-state index contributed by atoms with van der Waals surface area (Å²) in [4.78, 5) is 12.6. The smallest absolute Gasteiger partial charge is 0.286 e. The van der Waals surface area contributed by atoms with Gasteiger partial charge >= 0.3 is 0 Å². The van der Waals surface area contributed by atoms with Crippen LogP contribution in [0.4, 0.5) is 10.1 Å². The summed E-state index contributed by atoms with van der Waals surface area (Å²) in [6, 6.07) is 9.72. The lowest BCUT2D eigenvalue weighted by molar-refractivity contribution is 0.102. The molecule has 2 aromatic carbocycles. The Hall–Kier alpha value is -2.87. The Morgan fingerprint density at radius 3 is 2.75 bits per heavy atom. The second-order valence-corrected chi connectivity index (χ2v) is 10.5. The molecule has 0 bridgehead atoms. The van der Waals surface area contributed by atoms with Crippen molar-refractivity contribution in [2.75, 3.05) is 11.9 Å². The van der Waals surface area contributed by atoms with Crippen molar-refractivity contribution < 1.29 is 17.6 Å². The molecule has 1 amide bonds. The van der Waals surface area contributed by atoms with E-state index in [-0.39, 0.29) is 9.90 Å². The fourth-order valence-electron chi connectivity index (χ4n) is 3.57. The fraction of sp³-hybridized carbons (Fsp3) is 0.211. The van der Waals surface area contributed by atoms with Crippen molar-refractivity contribution in [1.29, 1.82) is 0 Å². The Balaban J connectivity index is 1.40. The SMILES string of the molecule is O=C(Nc1ccc(F)cc1)c1nnc([C@H]2CCCN2S(=O)(=O)c2cccc3nsnc23)s1. The minimum Gasteiger partial charge on any atom is -0.320 e. The molecule has 5 rings (SSSR count). The molecule has 3 heterocycles. The van der Waals surface area contributed by atoms with Gasteiger partial charge in [-0.15, -0.1) is 10.2 Å². The summed E-state index contributed by atoms with van der Waals surface area (Å²) in [5, 5.41) is 11.2. The highest BCUT2D eigenvalue weighted by molar-refractivity contribution is 7.89. The second kappa shape index (κ2) is 8.24. The molecule has 164 valence electrons. The first-order valence-electron chi connectivity index (χ1n) is 9.57. The van der Waals surface area contributed by atoms with Crippen molar-refractivity contribution in [3.8, 4) is 0 Å². The van der Waals surface area contributed by atoms with E-state index in [9.17, 15) is 17.6 Å². The molecule has 0 unspecified atom stereocenters. The molecule has 0 radical (unpaired) electrons. The molecule has 0 aliphatic carbocycles. The van der Waals surface area contributed by atoms with Gasteiger partial charge < -0.3 is 5.32 Å². The molecular formula is C19H15FN6O3S3. The van der Waals surface area contributed by atoms with Crippen molar-refractivity contribution in [3.05, 3.63) is 58.3 Å². The molecule has 0 spiro atoms. The quantitative estimate of drug-likeness (QED) is 0.455. The average molecular weight is 491 g/mol. The molecule has 1 fully saturated rings. The third-order valence-corrected chi connectivity index (χ3v) is 8.57. The van der Waals surface area contributed by atoms with Crippen LogP contribution in [-0.4, -0.2) is 44.1 Å². The van der Waals surface area contributed by atoms with E-state index in [1.54, 1.807) is 12.1 Å². The molecule has 13 heteroatoms. The maximum atomic E-state index is 13.4. The highest BCUT2D eigenvalue weighted by Crippen LogP contribution is 2.39. The molecule has 2 aromatic heterocycles. The molecule has 4 aromatic rings. The van der Waals surface area contributed by atoms with E-state index >= 15 is 0 Å². The summed E-state index contributed by atoms with van der Waals surface area (Å²) >= 11 is 2.00. The summed E-state index contributed by atoms with van der Waals surface area (Å²) in [6.07, 6.45) is 1.23. The number of hydrogen-bond donors (Lipinski definition) is 1. The van der Waals surface area contributed by atoms with Crippen LogP contribution < -0.4 is 5.32 Å². The third-order valence-electron chi connectivity index (χ3n) is 5.06. The number of anilines is 1. The van der Waals surface area contributed by atoms with Crippen LogP contribution in [0.2, 0.25) is 0 Å². The van der Waals surface area contributed by atoms with Crippen LogP contribution in [0.1, 0.15) is 33.7 Å². The van der Waals surface area contributed by atoms with Crippen molar-refractivity contribution in [2.45, 2.75) is 23.8 Å². The minimum atomic E-state index is -3.86. The van der Waals surface area contributed by atoms with Crippen molar-refractivity contribution in [1.82, 2.24) is 23.2 Å². The molecular weight excluding hydrogens is 475 g/mol. The first-order chi connectivity index (χ1) is 15.4. The van der Waals surface area contributed by atoms with Crippen LogP contribution in [0, 0.1) is 5.82 Å². The Morgan fingerprint density at radius 1 is 1.12 bits per heavy atom. The fourth-order valence-corrected chi connectivity index (χ4v) is 6.94. The molecule has 1 atom stereocenters. The van der Waals surface area contributed by atoms with Gasteiger partial charge in [-0.3, -0.25) is 4.79 Å². The first kappa shape index (κ1) is 21.0. The van der Waals surface area contributed by atoms with Gasteiger partial charge in [0, 0.05) is 12.2 Å². The Kier molecular flexibility index (Phi) is 5.41. The van der Waals surface area contributed by atoms with E-state index in [0.29, 0.717) is 41.1 Å². The number of sulfonamides is 1. The van der Waals surface area contributed by atoms with Gasteiger partial charge in [0.05, 0.1) is 17.8 Å². The number of carbonyl (C=O) groups excluding carboxylic acids is 1. The number of carbonyl (C=O) groups is 1. The summed E-state index contributed by atoms with van der Waals surface area (Å²) in [5.41, 5.74) is 1.30. The van der Waals surface area contributed by atoms with E-state index < -0.39 is 27.8 Å². The van der Waals surface area contributed by atoms with Crippen LogP contribution in [0.15, 0.2) is 47.4 Å². The van der Waals surface area contributed by atoms with Gasteiger partial charge in [0.15, 0.2) is 0 Å². The number of nitrogens with one attached hydrogen (secondary N) is 1. The van der Waals surface area contributed by atoms with E-state index in [1.165, 1.54) is 34.6 Å². The number of halogens is 1. The zero-order chi connectivity index (χ0) is 22.3. The maximum Gasteiger partial charge on any atom is 0.286 e. The van der Waals surface area contributed by atoms with Gasteiger partial charge in [-0.05, 0) is 49.2 Å². The molecule has 9 nitrogen and oxygen atoms in total. The van der Waals surface area contributed by atoms with E-state index in [2.05, 4.69) is 24.3 Å². The summed E-state index contributed by atoms with van der Waals surface area (Å²) < 4.78 is 49.6. The highest BCUT2D eigenvalue weighted by Gasteiger charge is 2.39. The van der Waals surface area contributed by atoms with Crippen LogP contribution >= 0.6 is 23.1 Å². The second-order valence-electron chi connectivity index (χ2n) is 7.07. The summed E-state index contributed by atoms with van der Waals surface area (Å²) in [5.74, 6) is -0.904. The lowest BCUT2D eigenvalue weighted by atomic mass is 10.2. The van der Waals surface area contributed by atoms with E-state index in [1.807, 2.05) is 0 Å². The topological polar surface area (TPSA) is 118 Å². The van der Waals surface area contributed by atoms with Crippen LogP contribution in [0.25, 0.3) is 11.0 Å². The van der Waals surface area contributed by atoms with Gasteiger partial charge in [0.2, 0.25) is 15.0 Å². The molecule has 1 saturated heterocycles. The Bertz CT molecular complexity index is 1400. The lowest BCUT2D eigenvalue weighted by Crippen LogP contribution is -2.30. The number of aromatic nitrogens is 4. The zero-order valence-electron chi connectivity index (χ0n) is 16.3. The van der Waals surface area contributed by atoms with Crippen molar-refractivity contribution in [3.63, 3.8) is 0 Å². The van der Waals surface area contributed by atoms with Crippen LogP contribution in [-0.2, 0) is 10.0 Å². The van der Waals surface area contributed by atoms with Gasteiger partial charge in [0.1, 0.15) is 26.8 Å². The normalized spacial score (nSPS) is 17.1. The molecule has 1 aliphatic heterocycles. The van der Waals surface area contributed by atoms with Crippen LogP contribution in [0.3, 0.4) is 0 Å². The highest BCUT2D eigenvalue weighted by atomic mass is 32.2. The summed E-state index contributed by atoms with van der Waals surface area (Å²) in [6.45, 7) is 0.331. The molecule has 1 N–H and O–H groups in total. The molecule has 1 aliphatic rings. The predicted octanol–water partition coefficient (Wildman–Crippen LogP) is 3.46. The summed E-state index contributed by atoms with van der Waals surface area (Å²) in [7, 11) is -3.86. The third kappa shape index (κ3) is 3.77. The average Bonchev–Trinajstić information content (AvgIpc) is 3.54. The molecule has 0 saturated carbocycles. The van der Waals surface area contributed by atoms with E-state index in [0.717, 1.165) is 23.1 Å². The lowest BCUT2D eigenvalue weighted by Gasteiger charge is -2.22. The Morgan fingerprint density at radius 2 is 1.94 bits per heavy atom. The monoisotopic (exact) mass is 490 g/mol. The number of rotatable bonds is 5. The Labute approximate surface area is 190 Å². The standard InChI is InChI=1S/C19H15FN6O3S3/c20-11-6-8-12(9-7-11)21-17(27)19-23-22-18(30-19)14-4-2-10-26(14)32(28,29)15-5-1-3-13-16(15)25-31-24-13/h1,3,5-9,14H,2,4,10H2,(H,21,27)/t14-/m1/s1. The number of fused-ring (bicyclic) bond motifs is 1. The van der Waals surface area contributed by atoms with Gasteiger partial charge in [-0.2, -0.15) is 13.1 Å². The maximum absolute atomic E-state index is 13.4.